The number of aryl methyl sites for hydroxylation is 1. The van der Waals surface area contributed by atoms with Crippen LogP contribution in [-0.2, 0) is 17.8 Å². The van der Waals surface area contributed by atoms with E-state index >= 15 is 0 Å². The normalized spacial score (nSPS) is 10.5. The van der Waals surface area contributed by atoms with Crippen LogP contribution in [0.3, 0.4) is 0 Å². The summed E-state index contributed by atoms with van der Waals surface area (Å²) in [6, 6.07) is 13.5. The van der Waals surface area contributed by atoms with Crippen molar-refractivity contribution in [3.05, 3.63) is 72.4 Å². The summed E-state index contributed by atoms with van der Waals surface area (Å²) in [6.45, 7) is 0.426. The first-order chi connectivity index (χ1) is 10.8. The minimum atomic E-state index is 0.00358. The fourth-order valence-electron chi connectivity index (χ4n) is 2.16. The molecule has 5 heteroatoms. The van der Waals surface area contributed by atoms with Gasteiger partial charge in [0.05, 0.1) is 24.7 Å². The largest absolute Gasteiger partial charge is 0.467 e. The number of amides is 1. The number of hydrogen-bond acceptors (Lipinski definition) is 3. The third-order valence-electron chi connectivity index (χ3n) is 3.34. The second-order valence-corrected chi connectivity index (χ2v) is 4.98. The smallest absolute Gasteiger partial charge is 0.220 e. The zero-order valence-corrected chi connectivity index (χ0v) is 12.1. The lowest BCUT2D eigenvalue weighted by Crippen LogP contribution is -2.22. The van der Waals surface area contributed by atoms with Crippen molar-refractivity contribution in [2.75, 3.05) is 0 Å². The van der Waals surface area contributed by atoms with Crippen LogP contribution in [0.25, 0.3) is 5.69 Å². The fourth-order valence-corrected chi connectivity index (χ4v) is 2.16. The molecule has 1 N–H and O–H groups in total. The summed E-state index contributed by atoms with van der Waals surface area (Å²) in [7, 11) is 0. The highest BCUT2D eigenvalue weighted by Gasteiger charge is 2.06. The van der Waals surface area contributed by atoms with Crippen LogP contribution in [0.15, 0.2) is 65.5 Å². The van der Waals surface area contributed by atoms with Crippen molar-refractivity contribution >= 4 is 5.91 Å². The SMILES string of the molecule is O=C(CCc1cnn(-c2ccccc2)c1)NCc1ccco1. The van der Waals surface area contributed by atoms with Crippen LogP contribution in [0.5, 0.6) is 0 Å². The summed E-state index contributed by atoms with van der Waals surface area (Å²) in [6.07, 6.45) is 6.44. The molecule has 0 fully saturated rings. The van der Waals surface area contributed by atoms with Crippen LogP contribution >= 0.6 is 0 Å². The summed E-state index contributed by atoms with van der Waals surface area (Å²) in [5.74, 6) is 0.758. The van der Waals surface area contributed by atoms with Gasteiger partial charge in [-0.1, -0.05) is 18.2 Å². The van der Waals surface area contributed by atoms with Gasteiger partial charge in [-0.05, 0) is 36.2 Å². The quantitative estimate of drug-likeness (QED) is 0.760. The average molecular weight is 295 g/mol. The van der Waals surface area contributed by atoms with E-state index in [2.05, 4.69) is 10.4 Å². The predicted octanol–water partition coefficient (Wildman–Crippen LogP) is 2.71. The van der Waals surface area contributed by atoms with E-state index in [1.54, 1.807) is 18.5 Å². The Labute approximate surface area is 128 Å². The standard InChI is InChI=1S/C17H17N3O2/c21-17(18-12-16-7-4-10-22-16)9-8-14-11-19-20(13-14)15-5-2-1-3-6-15/h1-7,10-11,13H,8-9,12H2,(H,18,21). The Hall–Kier alpha value is -2.82. The lowest BCUT2D eigenvalue weighted by Gasteiger charge is -2.02. The van der Waals surface area contributed by atoms with Crippen LogP contribution in [0.2, 0.25) is 0 Å². The number of carbonyl (C=O) groups is 1. The molecule has 3 aromatic rings. The number of hydrogen-bond donors (Lipinski definition) is 1. The number of aromatic nitrogens is 2. The van der Waals surface area contributed by atoms with Gasteiger partial charge in [0.2, 0.25) is 5.91 Å². The number of furan rings is 1. The van der Waals surface area contributed by atoms with Gasteiger partial charge in [0.1, 0.15) is 5.76 Å². The molecule has 2 heterocycles. The molecule has 112 valence electrons. The van der Waals surface area contributed by atoms with E-state index < -0.39 is 0 Å². The summed E-state index contributed by atoms with van der Waals surface area (Å²) in [5, 5.41) is 7.15. The van der Waals surface area contributed by atoms with Crippen LogP contribution in [0.1, 0.15) is 17.7 Å². The molecule has 0 saturated heterocycles. The number of nitrogens with zero attached hydrogens (tertiary/aromatic N) is 2. The molecular weight excluding hydrogens is 278 g/mol. The molecule has 3 rings (SSSR count). The van der Waals surface area contributed by atoms with Gasteiger partial charge in [-0.25, -0.2) is 4.68 Å². The fraction of sp³-hybridized carbons (Fsp3) is 0.176. The Kier molecular flexibility index (Phi) is 4.34. The van der Waals surface area contributed by atoms with Crippen LogP contribution < -0.4 is 5.32 Å². The molecule has 5 nitrogen and oxygen atoms in total. The van der Waals surface area contributed by atoms with E-state index in [1.165, 1.54) is 0 Å². The summed E-state index contributed by atoms with van der Waals surface area (Å²) >= 11 is 0. The Bertz CT molecular complexity index is 717. The molecule has 0 spiro atoms. The topological polar surface area (TPSA) is 60.1 Å². The highest BCUT2D eigenvalue weighted by atomic mass is 16.3. The van der Waals surface area contributed by atoms with E-state index in [9.17, 15) is 4.79 Å². The summed E-state index contributed by atoms with van der Waals surface area (Å²) < 4.78 is 6.99. The van der Waals surface area contributed by atoms with Gasteiger partial charge < -0.3 is 9.73 Å². The first kappa shape index (κ1) is 14.1. The molecule has 0 saturated carbocycles. The molecule has 0 aliphatic rings. The van der Waals surface area contributed by atoms with Crippen LogP contribution in [-0.4, -0.2) is 15.7 Å². The maximum Gasteiger partial charge on any atom is 0.220 e. The van der Waals surface area contributed by atoms with Crippen molar-refractivity contribution in [1.29, 1.82) is 0 Å². The molecule has 0 aliphatic carbocycles. The molecule has 0 atom stereocenters. The maximum atomic E-state index is 11.8. The van der Waals surface area contributed by atoms with E-state index in [-0.39, 0.29) is 5.91 Å². The highest BCUT2D eigenvalue weighted by molar-refractivity contribution is 5.76. The van der Waals surface area contributed by atoms with Gasteiger partial charge in [-0.2, -0.15) is 5.10 Å². The van der Waals surface area contributed by atoms with E-state index in [0.29, 0.717) is 19.4 Å². The molecular formula is C17H17N3O2. The molecule has 0 unspecified atom stereocenters. The van der Waals surface area contributed by atoms with Gasteiger partial charge in [0.15, 0.2) is 0 Å². The maximum absolute atomic E-state index is 11.8. The number of nitrogens with one attached hydrogen (secondary N) is 1. The first-order valence-corrected chi connectivity index (χ1v) is 7.19. The van der Waals surface area contributed by atoms with Crippen molar-refractivity contribution in [1.82, 2.24) is 15.1 Å². The minimum Gasteiger partial charge on any atom is -0.467 e. The molecule has 22 heavy (non-hydrogen) atoms. The van der Waals surface area contributed by atoms with Gasteiger partial charge in [0, 0.05) is 12.6 Å². The van der Waals surface area contributed by atoms with Crippen molar-refractivity contribution in [3.63, 3.8) is 0 Å². The van der Waals surface area contributed by atoms with Crippen molar-refractivity contribution in [3.8, 4) is 5.69 Å². The summed E-state index contributed by atoms with van der Waals surface area (Å²) in [5.41, 5.74) is 2.05. The monoisotopic (exact) mass is 295 g/mol. The highest BCUT2D eigenvalue weighted by Crippen LogP contribution is 2.09. The second kappa shape index (κ2) is 6.76. The van der Waals surface area contributed by atoms with Crippen LogP contribution in [0.4, 0.5) is 0 Å². The number of carbonyl (C=O) groups excluding carboxylic acids is 1. The van der Waals surface area contributed by atoms with Gasteiger partial charge >= 0.3 is 0 Å². The summed E-state index contributed by atoms with van der Waals surface area (Å²) in [4.78, 5) is 11.8. The van der Waals surface area contributed by atoms with E-state index in [1.807, 2.05) is 47.3 Å². The number of rotatable bonds is 6. The van der Waals surface area contributed by atoms with Crippen molar-refractivity contribution in [2.45, 2.75) is 19.4 Å². The Morgan fingerprint density at radius 2 is 2.05 bits per heavy atom. The third kappa shape index (κ3) is 3.63. The second-order valence-electron chi connectivity index (χ2n) is 4.98. The van der Waals surface area contributed by atoms with Crippen molar-refractivity contribution in [2.24, 2.45) is 0 Å². The van der Waals surface area contributed by atoms with E-state index in [4.69, 9.17) is 4.42 Å². The van der Waals surface area contributed by atoms with Crippen molar-refractivity contribution < 1.29 is 9.21 Å². The molecule has 0 radical (unpaired) electrons. The molecule has 0 bridgehead atoms. The van der Waals surface area contributed by atoms with Gasteiger partial charge in [-0.15, -0.1) is 0 Å². The van der Waals surface area contributed by atoms with Gasteiger partial charge in [-0.3, -0.25) is 4.79 Å². The molecule has 0 aliphatic heterocycles. The van der Waals surface area contributed by atoms with Gasteiger partial charge in [0.25, 0.3) is 0 Å². The lowest BCUT2D eigenvalue weighted by atomic mass is 10.2. The minimum absolute atomic E-state index is 0.00358. The average Bonchev–Trinajstić information content (AvgIpc) is 3.23. The first-order valence-electron chi connectivity index (χ1n) is 7.19. The third-order valence-corrected chi connectivity index (χ3v) is 3.34. The Morgan fingerprint density at radius 3 is 2.82 bits per heavy atom. The van der Waals surface area contributed by atoms with E-state index in [0.717, 1.165) is 17.0 Å². The molecule has 1 amide bonds. The lowest BCUT2D eigenvalue weighted by molar-refractivity contribution is -0.121. The number of para-hydroxylation sites is 1. The number of benzene rings is 1. The molecule has 2 aromatic heterocycles. The predicted molar refractivity (Wildman–Crippen MR) is 82.4 cm³/mol. The Balaban J connectivity index is 1.49. The molecule has 1 aromatic carbocycles. The zero-order valence-electron chi connectivity index (χ0n) is 12.1. The zero-order chi connectivity index (χ0) is 15.2. The van der Waals surface area contributed by atoms with Crippen LogP contribution in [0, 0.1) is 0 Å². The Morgan fingerprint density at radius 1 is 1.18 bits per heavy atom.